The number of ether oxygens (including phenoxy) is 2. The van der Waals surface area contributed by atoms with E-state index in [0.717, 1.165) is 27.1 Å². The molecule has 0 radical (unpaired) electrons. The van der Waals surface area contributed by atoms with Gasteiger partial charge in [-0.05, 0) is 6.92 Å². The van der Waals surface area contributed by atoms with E-state index < -0.39 is 31.7 Å². The molecule has 0 amide bonds. The Balaban J connectivity index is 5.23. The van der Waals surface area contributed by atoms with E-state index in [2.05, 4.69) is 14.0 Å². The van der Waals surface area contributed by atoms with Gasteiger partial charge < -0.3 is 19.1 Å². The molecule has 0 bridgehead atoms. The van der Waals surface area contributed by atoms with Crippen LogP contribution < -0.4 is 0 Å². The molecule has 8 nitrogen and oxygen atoms in total. The molecule has 0 aromatic carbocycles. The highest BCUT2D eigenvalue weighted by Gasteiger charge is 2.40. The molecule has 0 saturated carbocycles. The van der Waals surface area contributed by atoms with E-state index in [1.165, 1.54) is 6.08 Å². The Morgan fingerprint density at radius 2 is 1.68 bits per heavy atom. The minimum absolute atomic E-state index is 1.02. The van der Waals surface area contributed by atoms with Gasteiger partial charge >= 0.3 is 19.5 Å². The summed E-state index contributed by atoms with van der Waals surface area (Å²) in [6.07, 6.45) is -2.42. The van der Waals surface area contributed by atoms with Crippen LogP contribution >= 0.6 is 7.60 Å². The molecule has 0 heterocycles. The van der Waals surface area contributed by atoms with Crippen LogP contribution in [0.1, 0.15) is 6.92 Å². The summed E-state index contributed by atoms with van der Waals surface area (Å²) in [4.78, 5) is 22.7. The molecule has 110 valence electrons. The van der Waals surface area contributed by atoms with Gasteiger partial charge in [0, 0.05) is 12.9 Å². The largest absolute Gasteiger partial charge is 0.467 e. The Morgan fingerprint density at radius 3 is 2.05 bits per heavy atom. The summed E-state index contributed by atoms with van der Waals surface area (Å²) in [6, 6.07) is 0. The van der Waals surface area contributed by atoms with E-state index in [1.54, 1.807) is 6.92 Å². The lowest BCUT2D eigenvalue weighted by molar-refractivity contribution is -0.168. The quantitative estimate of drug-likeness (QED) is 0.533. The summed E-state index contributed by atoms with van der Waals surface area (Å²) in [7, 11) is -0.640. The number of carbonyl (C=O) groups excluding carboxylic acids is 2. The predicted octanol–water partition coefficient (Wildman–Crippen LogP) is 0.452. The molecule has 0 saturated heterocycles. The van der Waals surface area contributed by atoms with Crippen molar-refractivity contribution < 1.29 is 37.8 Å². The molecular weight excluding hydrogens is 279 g/mol. The first-order valence-corrected chi connectivity index (χ1v) is 6.77. The van der Waals surface area contributed by atoms with Crippen molar-refractivity contribution >= 4 is 19.5 Å². The Hall–Kier alpha value is -1.21. The van der Waals surface area contributed by atoms with Crippen LogP contribution in [0.2, 0.25) is 0 Å². The maximum absolute atomic E-state index is 12.0. The van der Waals surface area contributed by atoms with Gasteiger partial charge in [0.15, 0.2) is 6.10 Å². The fourth-order valence-corrected chi connectivity index (χ4v) is 2.23. The molecule has 1 unspecified atom stereocenters. The van der Waals surface area contributed by atoms with Gasteiger partial charge in [0.2, 0.25) is 6.10 Å². The summed E-state index contributed by atoms with van der Waals surface area (Å²) in [5, 5.41) is 9.60. The van der Waals surface area contributed by atoms with E-state index in [0.29, 0.717) is 0 Å². The lowest BCUT2D eigenvalue weighted by atomic mass is 10.2. The van der Waals surface area contributed by atoms with Crippen molar-refractivity contribution in [3.05, 3.63) is 11.9 Å². The van der Waals surface area contributed by atoms with Crippen LogP contribution in [0, 0.1) is 0 Å². The molecule has 0 aliphatic carbocycles. The Bertz CT molecular complexity index is 391. The molecule has 1 N–H and O–H groups in total. The zero-order valence-electron chi connectivity index (χ0n) is 11.1. The minimum Gasteiger partial charge on any atom is -0.467 e. The number of hydrogen-bond acceptors (Lipinski definition) is 8. The SMILES string of the molecule is C/C=C\P(=O)(OC)O[C@@H](C(=O)OC)[C@@H](O)C(=O)OC. The predicted molar refractivity (Wildman–Crippen MR) is 64.3 cm³/mol. The van der Waals surface area contributed by atoms with Crippen molar-refractivity contribution in [1.82, 2.24) is 0 Å². The van der Waals surface area contributed by atoms with Gasteiger partial charge in [0.05, 0.1) is 14.2 Å². The van der Waals surface area contributed by atoms with Crippen molar-refractivity contribution in [3.63, 3.8) is 0 Å². The topological polar surface area (TPSA) is 108 Å². The zero-order valence-corrected chi connectivity index (χ0v) is 12.0. The number of allylic oxidation sites excluding steroid dienone is 1. The van der Waals surface area contributed by atoms with Crippen LogP contribution in [0.3, 0.4) is 0 Å². The van der Waals surface area contributed by atoms with E-state index in [1.807, 2.05) is 0 Å². The molecule has 0 aliphatic rings. The summed E-state index contributed by atoms with van der Waals surface area (Å²) in [6.45, 7) is 1.55. The molecule has 19 heavy (non-hydrogen) atoms. The van der Waals surface area contributed by atoms with E-state index >= 15 is 0 Å². The third-order valence-corrected chi connectivity index (χ3v) is 3.70. The first-order chi connectivity index (χ1) is 8.85. The smallest absolute Gasteiger partial charge is 0.354 e. The van der Waals surface area contributed by atoms with Gasteiger partial charge in [0.25, 0.3) is 0 Å². The van der Waals surface area contributed by atoms with Gasteiger partial charge in [-0.15, -0.1) is 0 Å². The summed E-state index contributed by atoms with van der Waals surface area (Å²) < 4.78 is 30.2. The molecule has 0 aromatic rings. The van der Waals surface area contributed by atoms with E-state index in [-0.39, 0.29) is 0 Å². The van der Waals surface area contributed by atoms with Crippen LogP contribution in [0.25, 0.3) is 0 Å². The number of aliphatic hydroxyl groups excluding tert-OH is 1. The van der Waals surface area contributed by atoms with E-state index in [9.17, 15) is 19.3 Å². The van der Waals surface area contributed by atoms with Crippen molar-refractivity contribution in [2.24, 2.45) is 0 Å². The van der Waals surface area contributed by atoms with Crippen molar-refractivity contribution in [2.45, 2.75) is 19.1 Å². The van der Waals surface area contributed by atoms with Crippen molar-refractivity contribution in [3.8, 4) is 0 Å². The van der Waals surface area contributed by atoms with Gasteiger partial charge in [-0.1, -0.05) is 6.08 Å². The van der Waals surface area contributed by atoms with Crippen LogP contribution in [-0.4, -0.2) is 50.6 Å². The van der Waals surface area contributed by atoms with Gasteiger partial charge in [0.1, 0.15) is 0 Å². The number of aliphatic hydroxyl groups is 1. The third kappa shape index (κ3) is 5.12. The van der Waals surface area contributed by atoms with Crippen LogP contribution in [-0.2, 0) is 32.7 Å². The second-order valence-corrected chi connectivity index (χ2v) is 5.18. The Labute approximate surface area is 110 Å². The average Bonchev–Trinajstić information content (AvgIpc) is 2.42. The first kappa shape index (κ1) is 17.8. The standard InChI is InChI=1S/C10H17O8P/c1-5-6-19(14,17-4)18-8(10(13)16-3)7(11)9(12)15-2/h5-8,11H,1-4H3/b6-5-/t7-,8-,19?/m1/s1. The highest BCUT2D eigenvalue weighted by atomic mass is 31.2. The van der Waals surface area contributed by atoms with Crippen molar-refractivity contribution in [2.75, 3.05) is 21.3 Å². The van der Waals surface area contributed by atoms with Crippen LogP contribution in [0.4, 0.5) is 0 Å². The average molecular weight is 296 g/mol. The maximum Gasteiger partial charge on any atom is 0.354 e. The second kappa shape index (κ2) is 8.06. The first-order valence-electron chi connectivity index (χ1n) is 5.16. The van der Waals surface area contributed by atoms with Crippen LogP contribution in [0.15, 0.2) is 11.9 Å². The maximum atomic E-state index is 12.0. The fourth-order valence-electron chi connectivity index (χ4n) is 1.07. The summed E-state index contributed by atoms with van der Waals surface area (Å²) >= 11 is 0. The second-order valence-electron chi connectivity index (χ2n) is 3.22. The van der Waals surface area contributed by atoms with E-state index in [4.69, 9.17) is 4.52 Å². The zero-order chi connectivity index (χ0) is 15.1. The molecule has 0 spiro atoms. The lowest BCUT2D eigenvalue weighted by Crippen LogP contribution is -2.42. The number of esters is 2. The number of methoxy groups -OCH3 is 2. The molecule has 0 fully saturated rings. The van der Waals surface area contributed by atoms with Crippen molar-refractivity contribution in [1.29, 1.82) is 0 Å². The fraction of sp³-hybridized carbons (Fsp3) is 0.600. The molecule has 0 aromatic heterocycles. The van der Waals surface area contributed by atoms with Gasteiger partial charge in [-0.2, -0.15) is 0 Å². The summed E-state index contributed by atoms with van der Waals surface area (Å²) in [5.74, 6) is -1.13. The van der Waals surface area contributed by atoms with Gasteiger partial charge in [-0.25, -0.2) is 9.59 Å². The minimum atomic E-state index is -3.78. The normalized spacial score (nSPS) is 17.5. The molecular formula is C10H17O8P. The molecule has 0 aliphatic heterocycles. The molecule has 3 atom stereocenters. The number of rotatable bonds is 7. The number of hydrogen-bond donors (Lipinski definition) is 1. The van der Waals surface area contributed by atoms with Gasteiger partial charge in [-0.3, -0.25) is 9.09 Å². The monoisotopic (exact) mass is 296 g/mol. The Kier molecular flexibility index (Phi) is 7.55. The molecule has 9 heteroatoms. The number of carbonyl (C=O) groups is 2. The summed E-state index contributed by atoms with van der Waals surface area (Å²) in [5.41, 5.74) is 0. The Morgan fingerprint density at radius 1 is 1.16 bits per heavy atom. The third-order valence-electron chi connectivity index (χ3n) is 2.01. The highest BCUT2D eigenvalue weighted by Crippen LogP contribution is 2.50. The van der Waals surface area contributed by atoms with Crippen LogP contribution in [0.5, 0.6) is 0 Å². The lowest BCUT2D eigenvalue weighted by Gasteiger charge is -2.22. The highest BCUT2D eigenvalue weighted by molar-refractivity contribution is 7.57. The molecule has 0 rings (SSSR count).